The van der Waals surface area contributed by atoms with Crippen molar-refractivity contribution in [3.63, 3.8) is 0 Å². The number of carboxylic acids is 1. The van der Waals surface area contributed by atoms with Crippen molar-refractivity contribution in [3.8, 4) is 11.5 Å². The van der Waals surface area contributed by atoms with E-state index in [1.165, 1.54) is 0 Å². The van der Waals surface area contributed by atoms with Gasteiger partial charge in [-0.05, 0) is 72.2 Å². The molecule has 2 aromatic rings. The Morgan fingerprint density at radius 2 is 1.96 bits per heavy atom. The second-order valence-electron chi connectivity index (χ2n) is 6.72. The van der Waals surface area contributed by atoms with Crippen LogP contribution in [0.3, 0.4) is 0 Å². The third-order valence-corrected chi connectivity index (χ3v) is 4.28. The maximum atomic E-state index is 10.7. The van der Waals surface area contributed by atoms with Gasteiger partial charge in [-0.15, -0.1) is 0 Å². The van der Waals surface area contributed by atoms with Crippen molar-refractivity contribution in [1.29, 1.82) is 0 Å². The zero-order valence-corrected chi connectivity index (χ0v) is 15.7. The molecule has 0 unspecified atom stereocenters. The highest BCUT2D eigenvalue weighted by molar-refractivity contribution is 5.68. The fraction of sp³-hybridized carbons (Fsp3) is 0.318. The van der Waals surface area contributed by atoms with E-state index in [0.717, 1.165) is 34.2 Å². The average Bonchev–Trinajstić information content (AvgIpc) is 2.57. The van der Waals surface area contributed by atoms with Gasteiger partial charge in [0.15, 0.2) is 6.61 Å². The van der Waals surface area contributed by atoms with Gasteiger partial charge in [0.05, 0.1) is 0 Å². The van der Waals surface area contributed by atoms with Gasteiger partial charge in [-0.2, -0.15) is 0 Å². The van der Waals surface area contributed by atoms with Crippen LogP contribution in [-0.2, 0) is 11.2 Å². The van der Waals surface area contributed by atoms with Crippen LogP contribution in [0.1, 0.15) is 54.5 Å². The standard InChI is InChI=1S/C22H26O4/c1-5-6-17-12-18(26-13-22(24)25)9-15(4)20(17)11-16-7-8-21(23)19(10-16)14(2)3/h5-10,12,14,23H,11,13H2,1-4H3,(H,24,25). The Bertz CT molecular complexity index is 819. The first-order valence-corrected chi connectivity index (χ1v) is 8.74. The molecule has 26 heavy (non-hydrogen) atoms. The van der Waals surface area contributed by atoms with Crippen molar-refractivity contribution in [3.05, 3.63) is 64.2 Å². The summed E-state index contributed by atoms with van der Waals surface area (Å²) in [6.07, 6.45) is 4.68. The number of hydrogen-bond acceptors (Lipinski definition) is 3. The third kappa shape index (κ3) is 4.88. The summed E-state index contributed by atoms with van der Waals surface area (Å²) < 4.78 is 5.34. The van der Waals surface area contributed by atoms with Crippen LogP contribution in [0.15, 0.2) is 36.4 Å². The number of benzene rings is 2. The fourth-order valence-electron chi connectivity index (χ4n) is 2.99. The number of hydrogen-bond donors (Lipinski definition) is 2. The van der Waals surface area contributed by atoms with Gasteiger partial charge in [-0.1, -0.05) is 38.1 Å². The van der Waals surface area contributed by atoms with Crippen LogP contribution in [0.4, 0.5) is 0 Å². The molecule has 2 N–H and O–H groups in total. The van der Waals surface area contributed by atoms with Crippen LogP contribution >= 0.6 is 0 Å². The topological polar surface area (TPSA) is 66.8 Å². The first-order chi connectivity index (χ1) is 12.3. The van der Waals surface area contributed by atoms with Gasteiger partial charge in [-0.3, -0.25) is 0 Å². The van der Waals surface area contributed by atoms with E-state index in [-0.39, 0.29) is 12.5 Å². The van der Waals surface area contributed by atoms with Crippen molar-refractivity contribution in [2.45, 2.75) is 40.0 Å². The molecule has 0 saturated carbocycles. The Morgan fingerprint density at radius 1 is 1.23 bits per heavy atom. The second kappa shape index (κ2) is 8.56. The molecule has 0 aliphatic rings. The average molecular weight is 354 g/mol. The Balaban J connectivity index is 2.39. The molecule has 0 amide bonds. The Hall–Kier alpha value is -2.75. The van der Waals surface area contributed by atoms with Crippen molar-refractivity contribution in [1.82, 2.24) is 0 Å². The molecule has 4 nitrogen and oxygen atoms in total. The number of ether oxygens (including phenoxy) is 1. The highest BCUT2D eigenvalue weighted by atomic mass is 16.5. The highest BCUT2D eigenvalue weighted by Gasteiger charge is 2.12. The smallest absolute Gasteiger partial charge is 0.341 e. The van der Waals surface area contributed by atoms with E-state index < -0.39 is 5.97 Å². The lowest BCUT2D eigenvalue weighted by atomic mass is 9.92. The Kier molecular flexibility index (Phi) is 6.45. The number of aromatic hydroxyl groups is 1. The summed E-state index contributed by atoms with van der Waals surface area (Å²) in [5, 5.41) is 18.8. The molecule has 2 rings (SSSR count). The molecule has 0 spiro atoms. The molecular formula is C22H26O4. The first-order valence-electron chi connectivity index (χ1n) is 8.74. The van der Waals surface area contributed by atoms with Crippen molar-refractivity contribution in [2.75, 3.05) is 6.61 Å². The minimum Gasteiger partial charge on any atom is -0.508 e. The second-order valence-corrected chi connectivity index (χ2v) is 6.72. The van der Waals surface area contributed by atoms with Crippen LogP contribution in [0.5, 0.6) is 11.5 Å². The lowest BCUT2D eigenvalue weighted by molar-refractivity contribution is -0.139. The quantitative estimate of drug-likeness (QED) is 0.741. The number of carboxylic acid groups (broad SMARTS) is 1. The zero-order chi connectivity index (χ0) is 19.3. The van der Waals surface area contributed by atoms with E-state index in [1.54, 1.807) is 6.07 Å². The van der Waals surface area contributed by atoms with Gasteiger partial charge in [-0.25, -0.2) is 4.79 Å². The lowest BCUT2D eigenvalue weighted by Gasteiger charge is -2.15. The van der Waals surface area contributed by atoms with Crippen molar-refractivity contribution >= 4 is 12.0 Å². The van der Waals surface area contributed by atoms with Gasteiger partial charge in [0.2, 0.25) is 0 Å². The predicted molar refractivity (Wildman–Crippen MR) is 104 cm³/mol. The maximum Gasteiger partial charge on any atom is 0.341 e. The van der Waals surface area contributed by atoms with Crippen LogP contribution in [0.2, 0.25) is 0 Å². The number of phenolic OH excluding ortho intramolecular Hbond substituents is 1. The van der Waals surface area contributed by atoms with Crippen LogP contribution in [0, 0.1) is 6.92 Å². The SMILES string of the molecule is CC=Cc1cc(OCC(=O)O)cc(C)c1Cc1ccc(O)c(C(C)C)c1. The van der Waals surface area contributed by atoms with E-state index in [9.17, 15) is 9.90 Å². The molecule has 0 radical (unpaired) electrons. The number of rotatable bonds is 7. The molecule has 0 heterocycles. The highest BCUT2D eigenvalue weighted by Crippen LogP contribution is 2.30. The van der Waals surface area contributed by atoms with E-state index in [2.05, 4.69) is 13.8 Å². The minimum atomic E-state index is -0.996. The van der Waals surface area contributed by atoms with Crippen molar-refractivity contribution < 1.29 is 19.7 Å². The number of phenols is 1. The molecule has 0 atom stereocenters. The summed E-state index contributed by atoms with van der Waals surface area (Å²) >= 11 is 0. The monoisotopic (exact) mass is 354 g/mol. The fourth-order valence-corrected chi connectivity index (χ4v) is 2.99. The van der Waals surface area contributed by atoms with Crippen LogP contribution in [0.25, 0.3) is 6.08 Å². The van der Waals surface area contributed by atoms with E-state index in [4.69, 9.17) is 9.84 Å². The lowest BCUT2D eigenvalue weighted by Crippen LogP contribution is -2.10. The van der Waals surface area contributed by atoms with E-state index in [1.807, 2.05) is 50.3 Å². The van der Waals surface area contributed by atoms with Crippen LogP contribution < -0.4 is 4.74 Å². The van der Waals surface area contributed by atoms with E-state index in [0.29, 0.717) is 11.5 Å². The summed E-state index contributed by atoms with van der Waals surface area (Å²) in [4.78, 5) is 10.7. The predicted octanol–water partition coefficient (Wildman–Crippen LogP) is 4.91. The maximum absolute atomic E-state index is 10.7. The molecule has 0 fully saturated rings. The number of allylic oxidation sites excluding steroid dienone is 1. The normalized spacial score (nSPS) is 11.3. The van der Waals surface area contributed by atoms with Gasteiger partial charge in [0.25, 0.3) is 0 Å². The summed E-state index contributed by atoms with van der Waals surface area (Å²) in [6.45, 7) is 7.71. The number of aliphatic carboxylic acids is 1. The zero-order valence-electron chi connectivity index (χ0n) is 15.7. The van der Waals surface area contributed by atoms with E-state index >= 15 is 0 Å². The number of aryl methyl sites for hydroxylation is 1. The molecule has 0 saturated heterocycles. The molecule has 0 aliphatic heterocycles. The molecule has 0 aliphatic carbocycles. The third-order valence-electron chi connectivity index (χ3n) is 4.28. The molecule has 0 bridgehead atoms. The molecular weight excluding hydrogens is 328 g/mol. The van der Waals surface area contributed by atoms with Gasteiger partial charge in [0.1, 0.15) is 11.5 Å². The van der Waals surface area contributed by atoms with Gasteiger partial charge >= 0.3 is 5.97 Å². The first kappa shape index (κ1) is 19.6. The number of carbonyl (C=O) groups is 1. The van der Waals surface area contributed by atoms with Crippen molar-refractivity contribution in [2.24, 2.45) is 0 Å². The summed E-state index contributed by atoms with van der Waals surface area (Å²) in [5.41, 5.74) is 5.27. The molecule has 0 aromatic heterocycles. The Morgan fingerprint density at radius 3 is 2.58 bits per heavy atom. The Labute approximate surface area is 154 Å². The summed E-state index contributed by atoms with van der Waals surface area (Å²) in [5.74, 6) is 0.129. The summed E-state index contributed by atoms with van der Waals surface area (Å²) in [6, 6.07) is 9.48. The summed E-state index contributed by atoms with van der Waals surface area (Å²) in [7, 11) is 0. The van der Waals surface area contributed by atoms with Crippen LogP contribution in [-0.4, -0.2) is 22.8 Å². The molecule has 4 heteroatoms. The largest absolute Gasteiger partial charge is 0.508 e. The molecule has 138 valence electrons. The minimum absolute atomic E-state index is 0.248. The van der Waals surface area contributed by atoms with Gasteiger partial charge in [0, 0.05) is 0 Å². The molecule has 2 aromatic carbocycles. The van der Waals surface area contributed by atoms with Gasteiger partial charge < -0.3 is 14.9 Å².